The third kappa shape index (κ3) is 5.51. The Morgan fingerprint density at radius 3 is 2.76 bits per heavy atom. The fourth-order valence-electron chi connectivity index (χ4n) is 3.62. The van der Waals surface area contributed by atoms with Crippen LogP contribution >= 0.6 is 11.6 Å². The number of allylic oxidation sites excluding steroid dienone is 2. The summed E-state index contributed by atoms with van der Waals surface area (Å²) in [5.74, 6) is -0.291. The van der Waals surface area contributed by atoms with Crippen LogP contribution in [0.2, 0.25) is 0 Å². The summed E-state index contributed by atoms with van der Waals surface area (Å²) in [6.07, 6.45) is -0.549. The second kappa shape index (κ2) is 10.6. The lowest BCUT2D eigenvalue weighted by Crippen LogP contribution is -2.23. The second-order valence-electron chi connectivity index (χ2n) is 7.54. The molecule has 1 aliphatic heterocycles. The SMILES string of the molecule is CN=CC1=C(N)c2ccc(F)cc2C(C)Oc2cc(cnc2N)/C(NCC(F)F)=C(/C(=N)Cl)C1. The van der Waals surface area contributed by atoms with E-state index in [0.717, 1.165) is 0 Å². The van der Waals surface area contributed by atoms with E-state index in [1.165, 1.54) is 43.7 Å². The largest absolute Gasteiger partial charge is 0.482 e. The molecule has 1 atom stereocenters. The third-order valence-electron chi connectivity index (χ3n) is 5.21. The van der Waals surface area contributed by atoms with Gasteiger partial charge in [-0.3, -0.25) is 10.4 Å². The van der Waals surface area contributed by atoms with Gasteiger partial charge < -0.3 is 21.5 Å². The molecule has 2 aromatic rings. The highest BCUT2D eigenvalue weighted by molar-refractivity contribution is 6.69. The van der Waals surface area contributed by atoms with Crippen LogP contribution in [0.15, 0.2) is 46.6 Å². The van der Waals surface area contributed by atoms with E-state index in [1.54, 1.807) is 6.92 Å². The summed E-state index contributed by atoms with van der Waals surface area (Å²) in [7, 11) is 1.54. The molecule has 0 radical (unpaired) electrons. The number of ether oxygens (including phenoxy) is 1. The first kappa shape index (κ1) is 25.1. The van der Waals surface area contributed by atoms with Crippen LogP contribution in [-0.2, 0) is 0 Å². The second-order valence-corrected chi connectivity index (χ2v) is 7.92. The molecular formula is C23H24ClF3N6O. The van der Waals surface area contributed by atoms with Crippen molar-refractivity contribution in [3.63, 3.8) is 0 Å². The van der Waals surface area contributed by atoms with Gasteiger partial charge >= 0.3 is 0 Å². The van der Waals surface area contributed by atoms with Crippen molar-refractivity contribution in [3.05, 3.63) is 64.1 Å². The Labute approximate surface area is 199 Å². The molecule has 0 spiro atoms. The number of fused-ring (bicyclic) bond motifs is 3. The van der Waals surface area contributed by atoms with Crippen LogP contribution in [0.4, 0.5) is 19.0 Å². The van der Waals surface area contributed by atoms with Crippen LogP contribution in [0.1, 0.15) is 36.1 Å². The number of nitrogens with two attached hydrogens (primary N) is 2. The Bertz CT molecular complexity index is 1200. The number of anilines is 1. The molecular weight excluding hydrogens is 469 g/mol. The monoisotopic (exact) mass is 492 g/mol. The molecule has 1 unspecified atom stereocenters. The van der Waals surface area contributed by atoms with Gasteiger partial charge in [0.2, 0.25) is 0 Å². The Morgan fingerprint density at radius 1 is 1.38 bits per heavy atom. The summed E-state index contributed by atoms with van der Waals surface area (Å²) in [4.78, 5) is 8.16. The third-order valence-corrected chi connectivity index (χ3v) is 5.44. The van der Waals surface area contributed by atoms with Gasteiger partial charge in [0.05, 0.1) is 6.54 Å². The van der Waals surface area contributed by atoms with Gasteiger partial charge in [-0.1, -0.05) is 11.6 Å². The van der Waals surface area contributed by atoms with Crippen molar-refractivity contribution in [1.29, 1.82) is 5.41 Å². The van der Waals surface area contributed by atoms with Crippen LogP contribution in [-0.4, -0.2) is 36.4 Å². The van der Waals surface area contributed by atoms with E-state index in [2.05, 4.69) is 15.3 Å². The average Bonchev–Trinajstić information content (AvgIpc) is 2.78. The molecule has 2 heterocycles. The van der Waals surface area contributed by atoms with E-state index in [9.17, 15) is 13.2 Å². The molecule has 0 saturated carbocycles. The Morgan fingerprint density at radius 2 is 2.12 bits per heavy atom. The van der Waals surface area contributed by atoms with E-state index in [0.29, 0.717) is 22.3 Å². The van der Waals surface area contributed by atoms with E-state index in [1.807, 2.05) is 0 Å². The maximum Gasteiger partial charge on any atom is 0.255 e. The molecule has 11 heteroatoms. The minimum atomic E-state index is -2.67. The number of nitrogens with zero attached hydrogens (tertiary/aromatic N) is 2. The van der Waals surface area contributed by atoms with Crippen molar-refractivity contribution in [1.82, 2.24) is 10.3 Å². The highest BCUT2D eigenvalue weighted by Gasteiger charge is 2.23. The minimum Gasteiger partial charge on any atom is -0.482 e. The number of aromatic nitrogens is 1. The van der Waals surface area contributed by atoms with Gasteiger partial charge in [0, 0.05) is 59.5 Å². The van der Waals surface area contributed by atoms with Gasteiger partial charge in [0.1, 0.15) is 17.1 Å². The molecule has 2 bridgehead atoms. The van der Waals surface area contributed by atoms with Gasteiger partial charge in [0.25, 0.3) is 6.43 Å². The van der Waals surface area contributed by atoms with Gasteiger partial charge in [-0.05, 0) is 36.8 Å². The van der Waals surface area contributed by atoms with Crippen LogP contribution in [0.3, 0.4) is 0 Å². The highest BCUT2D eigenvalue weighted by Crippen LogP contribution is 2.35. The molecule has 0 saturated heterocycles. The maximum atomic E-state index is 14.2. The van der Waals surface area contributed by atoms with Crippen molar-refractivity contribution >= 4 is 40.2 Å². The number of hydrogen-bond acceptors (Lipinski definition) is 7. The number of rotatable bonds is 5. The molecule has 0 fully saturated rings. The van der Waals surface area contributed by atoms with E-state index in [4.69, 9.17) is 33.2 Å². The topological polar surface area (TPSA) is 122 Å². The highest BCUT2D eigenvalue weighted by atomic mass is 35.5. The molecule has 6 N–H and O–H groups in total. The first-order valence-electron chi connectivity index (χ1n) is 10.2. The first-order chi connectivity index (χ1) is 16.1. The average molecular weight is 493 g/mol. The quantitative estimate of drug-likeness (QED) is 0.458. The fraction of sp³-hybridized carbons (Fsp3) is 0.261. The number of benzene rings is 1. The van der Waals surface area contributed by atoms with Crippen LogP contribution in [0.5, 0.6) is 5.75 Å². The summed E-state index contributed by atoms with van der Waals surface area (Å²) < 4.78 is 46.4. The summed E-state index contributed by atoms with van der Waals surface area (Å²) in [6, 6.07) is 5.59. The van der Waals surface area contributed by atoms with Gasteiger partial charge in [-0.25, -0.2) is 18.2 Å². The van der Waals surface area contributed by atoms with E-state index >= 15 is 0 Å². The van der Waals surface area contributed by atoms with Gasteiger partial charge in [0.15, 0.2) is 11.6 Å². The standard InChI is InChI=1S/C23H24ClF3N6O/c1-11-16-7-14(25)3-4-15(16)20(28)12(8-31-2)5-17(22(24)29)21(32-10-19(26)27)13-6-18(34-11)23(30)33-9-13/h3-4,6-9,11,19,29,32H,5,10,28H2,1-2H3,(H2,30,33)/b20-12?,21-17-,29-22?,31-8?. The smallest absolute Gasteiger partial charge is 0.255 e. The number of hydrogen-bond donors (Lipinski definition) is 4. The zero-order valence-electron chi connectivity index (χ0n) is 18.5. The first-order valence-corrected chi connectivity index (χ1v) is 10.6. The lowest BCUT2D eigenvalue weighted by atomic mass is 9.93. The lowest BCUT2D eigenvalue weighted by molar-refractivity contribution is 0.151. The van der Waals surface area contributed by atoms with Crippen molar-refractivity contribution in [3.8, 4) is 5.75 Å². The lowest BCUT2D eigenvalue weighted by Gasteiger charge is -2.23. The molecule has 1 aromatic heterocycles. The van der Waals surface area contributed by atoms with Crippen molar-refractivity contribution in [2.24, 2.45) is 10.7 Å². The molecule has 180 valence electrons. The predicted octanol–water partition coefficient (Wildman–Crippen LogP) is 4.50. The normalized spacial score (nSPS) is 18.9. The Hall–Kier alpha value is -3.53. The zero-order valence-corrected chi connectivity index (χ0v) is 19.3. The van der Waals surface area contributed by atoms with Crippen molar-refractivity contribution < 1.29 is 17.9 Å². The summed E-state index contributed by atoms with van der Waals surface area (Å²) in [6.45, 7) is 1.00. The van der Waals surface area contributed by atoms with Crippen LogP contribution < -0.4 is 21.5 Å². The molecule has 7 nitrogen and oxygen atoms in total. The molecule has 34 heavy (non-hydrogen) atoms. The number of aliphatic imine (C=N–C) groups is 1. The van der Waals surface area contributed by atoms with Gasteiger partial charge in [-0.15, -0.1) is 0 Å². The number of nitrogen functional groups attached to an aromatic ring is 1. The van der Waals surface area contributed by atoms with Crippen LogP contribution in [0.25, 0.3) is 11.4 Å². The molecule has 3 rings (SSSR count). The van der Waals surface area contributed by atoms with E-state index in [-0.39, 0.29) is 35.0 Å². The number of pyridine rings is 1. The minimum absolute atomic E-state index is 0.0250. The zero-order chi connectivity index (χ0) is 25.0. The number of nitrogens with one attached hydrogen (secondary N) is 2. The van der Waals surface area contributed by atoms with E-state index < -0.39 is 30.1 Å². The molecule has 0 amide bonds. The summed E-state index contributed by atoms with van der Waals surface area (Å²) in [5, 5.41) is 10.4. The Balaban J connectivity index is 2.38. The fourth-order valence-corrected chi connectivity index (χ4v) is 3.78. The summed E-state index contributed by atoms with van der Waals surface area (Å²) >= 11 is 6.12. The molecule has 1 aliphatic rings. The van der Waals surface area contributed by atoms with Crippen LogP contribution in [0, 0.1) is 11.2 Å². The summed E-state index contributed by atoms with van der Waals surface area (Å²) in [5.41, 5.74) is 14.8. The molecule has 0 aliphatic carbocycles. The maximum absolute atomic E-state index is 14.2. The Kier molecular flexibility index (Phi) is 7.83. The molecule has 1 aromatic carbocycles. The van der Waals surface area contributed by atoms with Crippen molar-refractivity contribution in [2.75, 3.05) is 19.3 Å². The predicted molar refractivity (Wildman–Crippen MR) is 129 cm³/mol. The van der Waals surface area contributed by atoms with Crippen molar-refractivity contribution in [2.45, 2.75) is 25.9 Å². The number of alkyl halides is 2. The number of halogens is 4. The van der Waals surface area contributed by atoms with Gasteiger partial charge in [-0.2, -0.15) is 0 Å².